The van der Waals surface area contributed by atoms with E-state index in [4.69, 9.17) is 0 Å². The molecule has 2 heterocycles. The predicted octanol–water partition coefficient (Wildman–Crippen LogP) is 0.391. The van der Waals surface area contributed by atoms with E-state index < -0.39 is 0 Å². The molecular formula is C10H11N5O. The van der Waals surface area contributed by atoms with E-state index in [0.29, 0.717) is 5.82 Å². The molecule has 2 aromatic rings. The highest BCUT2D eigenvalue weighted by molar-refractivity contribution is 5.91. The molecule has 0 saturated carbocycles. The van der Waals surface area contributed by atoms with Crippen LogP contribution in [0, 0.1) is 0 Å². The van der Waals surface area contributed by atoms with Crippen LogP contribution in [-0.2, 0) is 18.3 Å². The lowest BCUT2D eigenvalue weighted by Gasteiger charge is -2.00. The molecule has 1 amide bonds. The lowest BCUT2D eigenvalue weighted by molar-refractivity contribution is -0.115. The van der Waals surface area contributed by atoms with Gasteiger partial charge in [-0.3, -0.25) is 14.5 Å². The van der Waals surface area contributed by atoms with E-state index >= 15 is 0 Å². The Morgan fingerprint density at radius 3 is 3.06 bits per heavy atom. The van der Waals surface area contributed by atoms with Gasteiger partial charge in [0.05, 0.1) is 12.6 Å². The van der Waals surface area contributed by atoms with Gasteiger partial charge in [0.25, 0.3) is 0 Å². The van der Waals surface area contributed by atoms with Crippen molar-refractivity contribution in [1.29, 1.82) is 0 Å². The Bertz CT molecular complexity index is 479. The van der Waals surface area contributed by atoms with Crippen LogP contribution >= 0.6 is 0 Å². The number of pyridine rings is 1. The summed E-state index contributed by atoms with van der Waals surface area (Å²) in [7, 11) is 1.74. The Hall–Kier alpha value is -2.24. The first kappa shape index (κ1) is 10.3. The first-order chi connectivity index (χ1) is 7.74. The van der Waals surface area contributed by atoms with Crippen LogP contribution in [0.4, 0.5) is 5.82 Å². The SMILES string of the molecule is Cn1cc(NC(=O)Cc2cccnc2)nn1. The largest absolute Gasteiger partial charge is 0.308 e. The number of nitrogens with zero attached hydrogens (tertiary/aromatic N) is 4. The molecular weight excluding hydrogens is 206 g/mol. The Labute approximate surface area is 92.3 Å². The number of rotatable bonds is 3. The summed E-state index contributed by atoms with van der Waals surface area (Å²) < 4.78 is 1.53. The maximum absolute atomic E-state index is 11.6. The van der Waals surface area contributed by atoms with E-state index in [1.807, 2.05) is 6.07 Å². The second-order valence-electron chi connectivity index (χ2n) is 3.36. The summed E-state index contributed by atoms with van der Waals surface area (Å²) in [5.41, 5.74) is 0.865. The van der Waals surface area contributed by atoms with Gasteiger partial charge in [0, 0.05) is 19.4 Å². The molecule has 0 aliphatic rings. The maximum atomic E-state index is 11.6. The van der Waals surface area contributed by atoms with Crippen molar-refractivity contribution in [3.05, 3.63) is 36.3 Å². The van der Waals surface area contributed by atoms with Crippen LogP contribution in [-0.4, -0.2) is 25.9 Å². The molecule has 0 aliphatic heterocycles. The van der Waals surface area contributed by atoms with Crippen LogP contribution in [0.5, 0.6) is 0 Å². The fourth-order valence-electron chi connectivity index (χ4n) is 1.28. The van der Waals surface area contributed by atoms with E-state index in [9.17, 15) is 4.79 Å². The van der Waals surface area contributed by atoms with E-state index in [2.05, 4.69) is 20.6 Å². The van der Waals surface area contributed by atoms with Crippen molar-refractivity contribution in [2.75, 3.05) is 5.32 Å². The molecule has 0 atom stereocenters. The van der Waals surface area contributed by atoms with Crippen LogP contribution in [0.1, 0.15) is 5.56 Å². The fourth-order valence-corrected chi connectivity index (χ4v) is 1.28. The third kappa shape index (κ3) is 2.63. The summed E-state index contributed by atoms with van der Waals surface area (Å²) in [6, 6.07) is 3.65. The molecule has 0 fully saturated rings. The minimum atomic E-state index is -0.131. The molecule has 82 valence electrons. The molecule has 0 saturated heterocycles. The summed E-state index contributed by atoms with van der Waals surface area (Å²) in [5, 5.41) is 10.1. The highest BCUT2D eigenvalue weighted by atomic mass is 16.1. The number of aromatic nitrogens is 4. The van der Waals surface area contributed by atoms with Crippen molar-refractivity contribution in [3.8, 4) is 0 Å². The number of hydrogen-bond acceptors (Lipinski definition) is 4. The third-order valence-electron chi connectivity index (χ3n) is 1.96. The van der Waals surface area contributed by atoms with Crippen molar-refractivity contribution >= 4 is 11.7 Å². The van der Waals surface area contributed by atoms with E-state index in [1.54, 1.807) is 31.7 Å². The van der Waals surface area contributed by atoms with Crippen LogP contribution in [0.25, 0.3) is 0 Å². The van der Waals surface area contributed by atoms with Crippen LogP contribution < -0.4 is 5.32 Å². The van der Waals surface area contributed by atoms with Crippen molar-refractivity contribution in [3.63, 3.8) is 0 Å². The molecule has 0 unspecified atom stereocenters. The van der Waals surface area contributed by atoms with Gasteiger partial charge >= 0.3 is 0 Å². The molecule has 2 rings (SSSR count). The molecule has 1 N–H and O–H groups in total. The second kappa shape index (κ2) is 4.52. The van der Waals surface area contributed by atoms with Gasteiger partial charge in [-0.25, -0.2) is 0 Å². The number of carbonyl (C=O) groups is 1. The van der Waals surface area contributed by atoms with Gasteiger partial charge in [-0.2, -0.15) is 0 Å². The summed E-state index contributed by atoms with van der Waals surface area (Å²) in [6.07, 6.45) is 5.26. The van der Waals surface area contributed by atoms with Crippen LogP contribution in [0.2, 0.25) is 0 Å². The Morgan fingerprint density at radius 1 is 1.56 bits per heavy atom. The average Bonchev–Trinajstić information content (AvgIpc) is 2.65. The standard InChI is InChI=1S/C10H11N5O/c1-15-7-9(13-14-15)12-10(16)5-8-3-2-4-11-6-8/h2-4,6-7H,5H2,1H3,(H,12,16). The van der Waals surface area contributed by atoms with Crippen LogP contribution in [0.15, 0.2) is 30.7 Å². The van der Waals surface area contributed by atoms with Gasteiger partial charge in [-0.15, -0.1) is 5.10 Å². The third-order valence-corrected chi connectivity index (χ3v) is 1.96. The van der Waals surface area contributed by atoms with Crippen molar-refractivity contribution in [1.82, 2.24) is 20.0 Å². The molecule has 6 heteroatoms. The molecule has 0 spiro atoms. The van der Waals surface area contributed by atoms with E-state index in [-0.39, 0.29) is 12.3 Å². The van der Waals surface area contributed by atoms with Gasteiger partial charge in [0.15, 0.2) is 5.82 Å². The number of carbonyl (C=O) groups excluding carboxylic acids is 1. The lowest BCUT2D eigenvalue weighted by atomic mass is 10.2. The zero-order valence-electron chi connectivity index (χ0n) is 8.79. The first-order valence-corrected chi connectivity index (χ1v) is 4.79. The van der Waals surface area contributed by atoms with Crippen molar-refractivity contribution < 1.29 is 4.79 Å². The molecule has 6 nitrogen and oxygen atoms in total. The number of hydrogen-bond donors (Lipinski definition) is 1. The number of anilines is 1. The molecule has 0 bridgehead atoms. The monoisotopic (exact) mass is 217 g/mol. The van der Waals surface area contributed by atoms with Gasteiger partial charge in [0.1, 0.15) is 0 Å². The van der Waals surface area contributed by atoms with Crippen LogP contribution in [0.3, 0.4) is 0 Å². The fraction of sp³-hybridized carbons (Fsp3) is 0.200. The Kier molecular flexibility index (Phi) is 2.90. The lowest BCUT2D eigenvalue weighted by Crippen LogP contribution is -2.14. The summed E-state index contributed by atoms with van der Waals surface area (Å²) >= 11 is 0. The Morgan fingerprint density at radius 2 is 2.44 bits per heavy atom. The second-order valence-corrected chi connectivity index (χ2v) is 3.36. The molecule has 2 aromatic heterocycles. The molecule has 16 heavy (non-hydrogen) atoms. The zero-order chi connectivity index (χ0) is 11.4. The van der Waals surface area contributed by atoms with Gasteiger partial charge < -0.3 is 5.32 Å². The molecule has 0 radical (unpaired) electrons. The summed E-state index contributed by atoms with van der Waals surface area (Å²) in [5.74, 6) is 0.324. The van der Waals surface area contributed by atoms with Crippen molar-refractivity contribution in [2.24, 2.45) is 7.05 Å². The van der Waals surface area contributed by atoms with Gasteiger partial charge in [-0.1, -0.05) is 11.3 Å². The van der Waals surface area contributed by atoms with Gasteiger partial charge in [-0.05, 0) is 11.6 Å². The van der Waals surface area contributed by atoms with E-state index in [1.165, 1.54) is 4.68 Å². The molecule has 0 aliphatic carbocycles. The number of nitrogens with one attached hydrogen (secondary N) is 1. The highest BCUT2D eigenvalue weighted by Gasteiger charge is 2.05. The summed E-state index contributed by atoms with van der Waals surface area (Å²) in [6.45, 7) is 0. The topological polar surface area (TPSA) is 72.7 Å². The Balaban J connectivity index is 1.95. The van der Waals surface area contributed by atoms with E-state index in [0.717, 1.165) is 5.56 Å². The smallest absolute Gasteiger partial charge is 0.230 e. The minimum Gasteiger partial charge on any atom is -0.308 e. The molecule has 0 aromatic carbocycles. The number of aryl methyl sites for hydroxylation is 1. The quantitative estimate of drug-likeness (QED) is 0.807. The van der Waals surface area contributed by atoms with Gasteiger partial charge in [0.2, 0.25) is 5.91 Å². The minimum absolute atomic E-state index is 0.131. The maximum Gasteiger partial charge on any atom is 0.230 e. The summed E-state index contributed by atoms with van der Waals surface area (Å²) in [4.78, 5) is 15.5. The first-order valence-electron chi connectivity index (χ1n) is 4.79. The average molecular weight is 217 g/mol. The predicted molar refractivity (Wildman–Crippen MR) is 57.6 cm³/mol. The number of amides is 1. The normalized spacial score (nSPS) is 10.1. The zero-order valence-corrected chi connectivity index (χ0v) is 8.79. The van der Waals surface area contributed by atoms with Crippen molar-refractivity contribution in [2.45, 2.75) is 6.42 Å². The highest BCUT2D eigenvalue weighted by Crippen LogP contribution is 2.02.